The van der Waals surface area contributed by atoms with E-state index in [9.17, 15) is 8.42 Å². The first-order valence-electron chi connectivity index (χ1n) is 5.27. The van der Waals surface area contributed by atoms with Gasteiger partial charge in [0.2, 0.25) is 10.0 Å². The van der Waals surface area contributed by atoms with Crippen LogP contribution in [0.15, 0.2) is 29.2 Å². The Morgan fingerprint density at radius 3 is 2.41 bits per heavy atom. The zero-order valence-corrected chi connectivity index (χ0v) is 10.8. The van der Waals surface area contributed by atoms with Gasteiger partial charge in [0, 0.05) is 18.7 Å². The van der Waals surface area contributed by atoms with Crippen LogP contribution in [-0.4, -0.2) is 22.0 Å². The van der Waals surface area contributed by atoms with E-state index in [1.54, 1.807) is 31.2 Å². The molecule has 2 N–H and O–H groups in total. The Balaban J connectivity index is 2.64. The molecule has 0 radical (unpaired) electrons. The van der Waals surface area contributed by atoms with E-state index in [4.69, 9.17) is 0 Å². The summed E-state index contributed by atoms with van der Waals surface area (Å²) < 4.78 is 25.2. The van der Waals surface area contributed by atoms with Crippen LogP contribution in [0.3, 0.4) is 0 Å². The average molecular weight is 252 g/mol. The van der Waals surface area contributed by atoms with Crippen molar-refractivity contribution >= 4 is 15.7 Å². The fraction of sp³-hybridized carbons (Fsp3) is 0.333. The SMILES string of the molecule is CC#CCCNc1ccc(S(=O)(=O)NC)cc1. The number of nitrogens with one attached hydrogen (secondary N) is 2. The third-order valence-corrected chi connectivity index (χ3v) is 3.62. The number of rotatable bonds is 5. The second-order valence-corrected chi connectivity index (χ2v) is 5.22. The van der Waals surface area contributed by atoms with Crippen molar-refractivity contribution in [3.8, 4) is 11.8 Å². The molecule has 0 heterocycles. The molecule has 1 aromatic carbocycles. The van der Waals surface area contributed by atoms with Crippen LogP contribution in [0.1, 0.15) is 13.3 Å². The van der Waals surface area contributed by atoms with Crippen molar-refractivity contribution in [3.05, 3.63) is 24.3 Å². The number of benzene rings is 1. The lowest BCUT2D eigenvalue weighted by atomic mass is 10.3. The smallest absolute Gasteiger partial charge is 0.240 e. The lowest BCUT2D eigenvalue weighted by Crippen LogP contribution is -2.18. The Morgan fingerprint density at radius 1 is 1.24 bits per heavy atom. The largest absolute Gasteiger partial charge is 0.384 e. The van der Waals surface area contributed by atoms with Crippen molar-refractivity contribution in [2.45, 2.75) is 18.2 Å². The molecule has 92 valence electrons. The quantitative estimate of drug-likeness (QED) is 0.615. The summed E-state index contributed by atoms with van der Waals surface area (Å²) in [6.45, 7) is 2.55. The second kappa shape index (κ2) is 6.28. The molecule has 0 aliphatic carbocycles. The molecule has 5 heteroatoms. The molecule has 4 nitrogen and oxygen atoms in total. The molecule has 1 aromatic rings. The van der Waals surface area contributed by atoms with Crippen LogP contribution in [0.2, 0.25) is 0 Å². The molecule has 0 amide bonds. The lowest BCUT2D eigenvalue weighted by Gasteiger charge is -2.06. The molecule has 0 unspecified atom stereocenters. The van der Waals surface area contributed by atoms with Gasteiger partial charge in [-0.15, -0.1) is 11.8 Å². The first-order valence-corrected chi connectivity index (χ1v) is 6.75. The van der Waals surface area contributed by atoms with Crippen LogP contribution in [0.5, 0.6) is 0 Å². The third-order valence-electron chi connectivity index (χ3n) is 2.19. The van der Waals surface area contributed by atoms with Crippen LogP contribution in [0.4, 0.5) is 5.69 Å². The molecule has 0 saturated carbocycles. The average Bonchev–Trinajstić information content (AvgIpc) is 2.35. The summed E-state index contributed by atoms with van der Waals surface area (Å²) in [7, 11) is -1.95. The van der Waals surface area contributed by atoms with Crippen LogP contribution < -0.4 is 10.0 Å². The van der Waals surface area contributed by atoms with Gasteiger partial charge in [-0.3, -0.25) is 0 Å². The fourth-order valence-corrected chi connectivity index (χ4v) is 1.99. The van der Waals surface area contributed by atoms with Crippen molar-refractivity contribution in [2.24, 2.45) is 0 Å². The van der Waals surface area contributed by atoms with Gasteiger partial charge >= 0.3 is 0 Å². The molecular formula is C12H16N2O2S. The molecule has 0 fully saturated rings. The molecule has 0 saturated heterocycles. The Bertz CT molecular complexity index is 510. The minimum absolute atomic E-state index is 0.263. The van der Waals surface area contributed by atoms with Gasteiger partial charge < -0.3 is 5.32 Å². The summed E-state index contributed by atoms with van der Waals surface area (Å²) in [5.41, 5.74) is 0.887. The fourth-order valence-electron chi connectivity index (χ4n) is 1.26. The maximum absolute atomic E-state index is 11.5. The van der Waals surface area contributed by atoms with Crippen LogP contribution in [-0.2, 0) is 10.0 Å². The molecular weight excluding hydrogens is 236 g/mol. The summed E-state index contributed by atoms with van der Waals surface area (Å²) in [6, 6.07) is 6.62. The Morgan fingerprint density at radius 2 is 1.88 bits per heavy atom. The molecule has 0 aromatic heterocycles. The predicted octanol–water partition coefficient (Wildman–Crippen LogP) is 1.42. The van der Waals surface area contributed by atoms with E-state index < -0.39 is 10.0 Å². The highest BCUT2D eigenvalue weighted by molar-refractivity contribution is 7.89. The number of anilines is 1. The van der Waals surface area contributed by atoms with Gasteiger partial charge in [0.05, 0.1) is 4.90 Å². The molecule has 0 atom stereocenters. The Hall–Kier alpha value is -1.51. The first kappa shape index (κ1) is 13.6. The number of sulfonamides is 1. The highest BCUT2D eigenvalue weighted by atomic mass is 32.2. The third kappa shape index (κ3) is 4.10. The van der Waals surface area contributed by atoms with E-state index in [0.717, 1.165) is 18.7 Å². The van der Waals surface area contributed by atoms with E-state index in [1.807, 2.05) is 0 Å². The van der Waals surface area contributed by atoms with Crippen molar-refractivity contribution in [2.75, 3.05) is 18.9 Å². The van der Waals surface area contributed by atoms with E-state index in [-0.39, 0.29) is 4.90 Å². The molecule has 0 spiro atoms. The Kier molecular flexibility index (Phi) is 5.01. The monoisotopic (exact) mass is 252 g/mol. The van der Waals surface area contributed by atoms with E-state index in [1.165, 1.54) is 7.05 Å². The van der Waals surface area contributed by atoms with Gasteiger partial charge in [-0.2, -0.15) is 0 Å². The second-order valence-electron chi connectivity index (χ2n) is 3.34. The summed E-state index contributed by atoms with van der Waals surface area (Å²) in [4.78, 5) is 0.263. The topological polar surface area (TPSA) is 58.2 Å². The minimum atomic E-state index is -3.34. The zero-order chi connectivity index (χ0) is 12.7. The van der Waals surface area contributed by atoms with Crippen molar-refractivity contribution in [1.29, 1.82) is 0 Å². The van der Waals surface area contributed by atoms with Gasteiger partial charge in [0.15, 0.2) is 0 Å². The predicted molar refractivity (Wildman–Crippen MR) is 69.2 cm³/mol. The van der Waals surface area contributed by atoms with E-state index in [0.29, 0.717) is 0 Å². The van der Waals surface area contributed by atoms with Gasteiger partial charge in [0.25, 0.3) is 0 Å². The molecule has 0 bridgehead atoms. The summed E-state index contributed by atoms with van der Waals surface area (Å²) >= 11 is 0. The normalized spacial score (nSPS) is 10.5. The van der Waals surface area contributed by atoms with Gasteiger partial charge in [-0.05, 0) is 38.2 Å². The van der Waals surface area contributed by atoms with E-state index in [2.05, 4.69) is 21.9 Å². The van der Waals surface area contributed by atoms with Crippen molar-refractivity contribution in [3.63, 3.8) is 0 Å². The van der Waals surface area contributed by atoms with E-state index >= 15 is 0 Å². The highest BCUT2D eigenvalue weighted by Gasteiger charge is 2.09. The maximum Gasteiger partial charge on any atom is 0.240 e. The molecule has 0 aliphatic heterocycles. The first-order chi connectivity index (χ1) is 8.10. The Labute approximate surface area is 102 Å². The minimum Gasteiger partial charge on any atom is -0.384 e. The molecule has 17 heavy (non-hydrogen) atoms. The lowest BCUT2D eigenvalue weighted by molar-refractivity contribution is 0.588. The van der Waals surface area contributed by atoms with Crippen molar-refractivity contribution < 1.29 is 8.42 Å². The van der Waals surface area contributed by atoms with Crippen LogP contribution >= 0.6 is 0 Å². The number of hydrogen-bond donors (Lipinski definition) is 2. The summed E-state index contributed by atoms with van der Waals surface area (Å²) in [5, 5.41) is 3.16. The highest BCUT2D eigenvalue weighted by Crippen LogP contribution is 2.13. The van der Waals surface area contributed by atoms with Gasteiger partial charge in [-0.25, -0.2) is 13.1 Å². The van der Waals surface area contributed by atoms with Gasteiger partial charge in [0.1, 0.15) is 0 Å². The molecule has 1 rings (SSSR count). The zero-order valence-electron chi connectivity index (χ0n) is 9.95. The van der Waals surface area contributed by atoms with Gasteiger partial charge in [-0.1, -0.05) is 0 Å². The summed E-state index contributed by atoms with van der Waals surface area (Å²) in [5.74, 6) is 5.76. The molecule has 0 aliphatic rings. The van der Waals surface area contributed by atoms with Crippen LogP contribution in [0.25, 0.3) is 0 Å². The van der Waals surface area contributed by atoms with Crippen molar-refractivity contribution in [1.82, 2.24) is 4.72 Å². The number of hydrogen-bond acceptors (Lipinski definition) is 3. The van der Waals surface area contributed by atoms with Crippen LogP contribution in [0, 0.1) is 11.8 Å². The summed E-state index contributed by atoms with van der Waals surface area (Å²) in [6.07, 6.45) is 0.771. The standard InChI is InChI=1S/C12H16N2O2S/c1-3-4-5-10-14-11-6-8-12(9-7-11)17(15,16)13-2/h6-9,13-14H,5,10H2,1-2H3. The maximum atomic E-state index is 11.5.